The van der Waals surface area contributed by atoms with Crippen LogP contribution < -0.4 is 10.6 Å². The highest BCUT2D eigenvalue weighted by Gasteiger charge is 2.40. The molecule has 2 heterocycles. The molecule has 2 aromatic rings. The van der Waals surface area contributed by atoms with E-state index in [0.717, 1.165) is 23.0 Å². The Hall–Kier alpha value is -1.66. The largest absolute Gasteiger partial charge is 0.319 e. The van der Waals surface area contributed by atoms with E-state index in [9.17, 15) is 4.79 Å². The van der Waals surface area contributed by atoms with Crippen molar-refractivity contribution >= 4 is 22.9 Å². The Morgan fingerprint density at radius 2 is 2.29 bits per heavy atom. The van der Waals surface area contributed by atoms with E-state index in [1.165, 1.54) is 36.2 Å². The van der Waals surface area contributed by atoms with E-state index in [0.29, 0.717) is 12.0 Å². The van der Waals surface area contributed by atoms with Gasteiger partial charge in [0.15, 0.2) is 0 Å². The molecule has 5 nitrogen and oxygen atoms in total. The first kappa shape index (κ1) is 15.8. The van der Waals surface area contributed by atoms with Crippen LogP contribution >= 0.6 is 11.3 Å². The van der Waals surface area contributed by atoms with Gasteiger partial charge in [-0.25, -0.2) is 0 Å². The fraction of sp³-hybridized carbons (Fsp3) is 0.556. The average Bonchev–Trinajstić information content (AvgIpc) is 3.46. The summed E-state index contributed by atoms with van der Waals surface area (Å²) >= 11 is 1.59. The number of aromatic nitrogens is 2. The van der Waals surface area contributed by atoms with Crippen molar-refractivity contribution in [1.29, 1.82) is 0 Å². The fourth-order valence-electron chi connectivity index (χ4n) is 3.17. The topological polar surface area (TPSA) is 59.0 Å². The quantitative estimate of drug-likeness (QED) is 0.809. The molecule has 6 heteroatoms. The standard InChI is InChI=1S/C18H24N4OS/c1-3-22-10-13(9-20-22)21-18(23)17-7-14(11(2)24-17)15-6-16(15)19-8-12-4-5-12/h7,9-10,12,15-16,19H,3-6,8H2,1-2H3,(H,21,23). The summed E-state index contributed by atoms with van der Waals surface area (Å²) in [6, 6.07) is 2.70. The predicted octanol–water partition coefficient (Wildman–Crippen LogP) is 3.38. The highest BCUT2D eigenvalue weighted by Crippen LogP contribution is 2.45. The normalized spacial score (nSPS) is 22.6. The monoisotopic (exact) mass is 344 g/mol. The summed E-state index contributed by atoms with van der Waals surface area (Å²) in [4.78, 5) is 14.5. The first-order valence-corrected chi connectivity index (χ1v) is 9.63. The Morgan fingerprint density at radius 1 is 1.46 bits per heavy atom. The molecule has 2 atom stereocenters. The van der Waals surface area contributed by atoms with E-state index in [1.807, 2.05) is 13.1 Å². The van der Waals surface area contributed by atoms with Gasteiger partial charge in [0.1, 0.15) is 0 Å². The second-order valence-electron chi connectivity index (χ2n) is 6.96. The lowest BCUT2D eigenvalue weighted by atomic mass is 10.1. The molecule has 0 aromatic carbocycles. The smallest absolute Gasteiger partial charge is 0.265 e. The van der Waals surface area contributed by atoms with Crippen molar-refractivity contribution in [3.8, 4) is 0 Å². The molecule has 0 saturated heterocycles. The molecule has 0 bridgehead atoms. The van der Waals surface area contributed by atoms with E-state index < -0.39 is 0 Å². The Kier molecular flexibility index (Phi) is 4.18. The molecule has 2 fully saturated rings. The lowest BCUT2D eigenvalue weighted by Crippen LogP contribution is -2.20. The van der Waals surface area contributed by atoms with Crippen LogP contribution in [0.3, 0.4) is 0 Å². The first-order chi connectivity index (χ1) is 11.6. The third kappa shape index (κ3) is 3.39. The van der Waals surface area contributed by atoms with E-state index >= 15 is 0 Å². The van der Waals surface area contributed by atoms with Gasteiger partial charge in [-0.05, 0) is 57.2 Å². The number of carbonyl (C=O) groups is 1. The maximum atomic E-state index is 12.5. The number of hydrogen-bond donors (Lipinski definition) is 2. The zero-order chi connectivity index (χ0) is 16.7. The molecule has 2 N–H and O–H groups in total. The van der Waals surface area contributed by atoms with E-state index in [2.05, 4.69) is 28.7 Å². The van der Waals surface area contributed by atoms with Crippen LogP contribution in [0.25, 0.3) is 0 Å². The van der Waals surface area contributed by atoms with Crippen molar-refractivity contribution < 1.29 is 4.79 Å². The van der Waals surface area contributed by atoms with Gasteiger partial charge in [-0.1, -0.05) is 0 Å². The lowest BCUT2D eigenvalue weighted by molar-refractivity contribution is 0.103. The Labute approximate surface area is 146 Å². The highest BCUT2D eigenvalue weighted by molar-refractivity contribution is 7.14. The third-order valence-electron chi connectivity index (χ3n) is 4.95. The van der Waals surface area contributed by atoms with Crippen LogP contribution in [0.15, 0.2) is 18.5 Å². The third-order valence-corrected chi connectivity index (χ3v) is 6.02. The van der Waals surface area contributed by atoms with Gasteiger partial charge in [0, 0.05) is 29.6 Å². The number of carbonyl (C=O) groups excluding carboxylic acids is 1. The van der Waals surface area contributed by atoms with Gasteiger partial charge in [-0.2, -0.15) is 5.10 Å². The molecule has 2 saturated carbocycles. The lowest BCUT2D eigenvalue weighted by Gasteiger charge is -2.02. The van der Waals surface area contributed by atoms with Gasteiger partial charge >= 0.3 is 0 Å². The summed E-state index contributed by atoms with van der Waals surface area (Å²) in [5.74, 6) is 1.47. The van der Waals surface area contributed by atoms with Gasteiger partial charge in [0.25, 0.3) is 5.91 Å². The minimum Gasteiger partial charge on any atom is -0.319 e. The molecule has 0 aliphatic heterocycles. The van der Waals surface area contributed by atoms with Crippen LogP contribution in [0.1, 0.15) is 52.2 Å². The van der Waals surface area contributed by atoms with Crippen LogP contribution in [0.4, 0.5) is 5.69 Å². The predicted molar refractivity (Wildman–Crippen MR) is 96.8 cm³/mol. The number of rotatable bonds is 7. The van der Waals surface area contributed by atoms with Crippen LogP contribution in [0.2, 0.25) is 0 Å². The Morgan fingerprint density at radius 3 is 3.00 bits per heavy atom. The summed E-state index contributed by atoms with van der Waals surface area (Å²) in [7, 11) is 0. The Bertz CT molecular complexity index is 746. The first-order valence-electron chi connectivity index (χ1n) is 8.81. The summed E-state index contributed by atoms with van der Waals surface area (Å²) < 4.78 is 1.81. The van der Waals surface area contributed by atoms with E-state index in [4.69, 9.17) is 0 Å². The molecule has 0 spiro atoms. The van der Waals surface area contributed by atoms with E-state index in [1.54, 1.807) is 22.2 Å². The van der Waals surface area contributed by atoms with Crippen LogP contribution in [-0.2, 0) is 6.54 Å². The SMILES string of the molecule is CCn1cc(NC(=O)c2cc(C3CC3NCC3CC3)c(C)s2)cn1. The molecule has 2 aliphatic carbocycles. The average molecular weight is 344 g/mol. The number of thiophene rings is 1. The fourth-order valence-corrected chi connectivity index (χ4v) is 4.16. The number of amides is 1. The zero-order valence-electron chi connectivity index (χ0n) is 14.2. The number of hydrogen-bond acceptors (Lipinski definition) is 4. The molecule has 2 aliphatic rings. The number of anilines is 1. The Balaban J connectivity index is 1.38. The molecular formula is C18H24N4OS. The van der Waals surface area contributed by atoms with Crippen LogP contribution in [0.5, 0.6) is 0 Å². The van der Waals surface area contributed by atoms with Crippen molar-refractivity contribution in [2.45, 2.75) is 51.6 Å². The van der Waals surface area contributed by atoms with Gasteiger partial charge < -0.3 is 10.6 Å². The van der Waals surface area contributed by atoms with Crippen molar-refractivity contribution in [3.63, 3.8) is 0 Å². The van der Waals surface area contributed by atoms with Crippen molar-refractivity contribution in [1.82, 2.24) is 15.1 Å². The maximum Gasteiger partial charge on any atom is 0.265 e. The van der Waals surface area contributed by atoms with Gasteiger partial charge in [-0.3, -0.25) is 9.48 Å². The molecule has 2 aromatic heterocycles. The summed E-state index contributed by atoms with van der Waals surface area (Å²) in [6.45, 7) is 6.12. The summed E-state index contributed by atoms with van der Waals surface area (Å²) in [6.07, 6.45) is 7.54. The molecule has 0 radical (unpaired) electrons. The van der Waals surface area contributed by atoms with Crippen molar-refractivity contribution in [3.05, 3.63) is 33.8 Å². The molecule has 128 valence electrons. The van der Waals surface area contributed by atoms with Crippen LogP contribution in [-0.4, -0.2) is 28.3 Å². The molecule has 24 heavy (non-hydrogen) atoms. The second kappa shape index (κ2) is 6.33. The van der Waals surface area contributed by atoms with E-state index in [-0.39, 0.29) is 5.91 Å². The van der Waals surface area contributed by atoms with Gasteiger partial charge in [0.05, 0.1) is 16.8 Å². The van der Waals surface area contributed by atoms with Crippen LogP contribution in [0, 0.1) is 12.8 Å². The maximum absolute atomic E-state index is 12.5. The number of aryl methyl sites for hydroxylation is 2. The molecule has 2 unspecified atom stereocenters. The number of nitrogens with one attached hydrogen (secondary N) is 2. The van der Waals surface area contributed by atoms with Gasteiger partial charge in [-0.15, -0.1) is 11.3 Å². The van der Waals surface area contributed by atoms with Crippen molar-refractivity contribution in [2.75, 3.05) is 11.9 Å². The summed E-state index contributed by atoms with van der Waals surface area (Å²) in [5.41, 5.74) is 2.10. The molecule has 1 amide bonds. The molecular weight excluding hydrogens is 320 g/mol. The summed E-state index contributed by atoms with van der Waals surface area (Å²) in [5, 5.41) is 10.8. The minimum atomic E-state index is -0.0341. The second-order valence-corrected chi connectivity index (χ2v) is 8.22. The van der Waals surface area contributed by atoms with Gasteiger partial charge in [0.2, 0.25) is 0 Å². The number of nitrogens with zero attached hydrogens (tertiary/aromatic N) is 2. The molecule has 4 rings (SSSR count). The van der Waals surface area contributed by atoms with Crippen molar-refractivity contribution in [2.24, 2.45) is 5.92 Å². The minimum absolute atomic E-state index is 0.0341. The zero-order valence-corrected chi connectivity index (χ0v) is 15.0. The highest BCUT2D eigenvalue weighted by atomic mass is 32.1.